The van der Waals surface area contributed by atoms with Gasteiger partial charge in [0.15, 0.2) is 0 Å². The Morgan fingerprint density at radius 1 is 1.25 bits per heavy atom. The molecular weight excluding hydrogens is 280 g/mol. The van der Waals surface area contributed by atoms with Crippen molar-refractivity contribution >= 4 is 18.3 Å². The van der Waals surface area contributed by atoms with Crippen LogP contribution in [0.25, 0.3) is 5.69 Å². The quantitative estimate of drug-likeness (QED) is 0.852. The van der Waals surface area contributed by atoms with E-state index in [1.54, 1.807) is 6.07 Å². The number of carbonyl (C=O) groups is 1. The summed E-state index contributed by atoms with van der Waals surface area (Å²) < 4.78 is 1.54. The van der Waals surface area contributed by atoms with Gasteiger partial charge in [-0.1, -0.05) is 6.07 Å². The smallest absolute Gasteiger partial charge is 0.254 e. The zero-order valence-corrected chi connectivity index (χ0v) is 11.6. The molecule has 1 aromatic carbocycles. The van der Waals surface area contributed by atoms with E-state index in [9.17, 15) is 4.79 Å². The van der Waals surface area contributed by atoms with Gasteiger partial charge < -0.3 is 10.2 Å². The van der Waals surface area contributed by atoms with Crippen LogP contribution in [0, 0.1) is 0 Å². The summed E-state index contributed by atoms with van der Waals surface area (Å²) in [5.74, 6) is 0.0522. The van der Waals surface area contributed by atoms with Crippen LogP contribution in [0.15, 0.2) is 30.6 Å². The van der Waals surface area contributed by atoms with E-state index in [0.717, 1.165) is 31.9 Å². The first-order valence-corrected chi connectivity index (χ1v) is 6.18. The molecule has 0 atom stereocenters. The molecule has 0 radical (unpaired) electrons. The summed E-state index contributed by atoms with van der Waals surface area (Å²) in [5.41, 5.74) is 1.45. The number of hydrogen-bond acceptors (Lipinski definition) is 5. The molecule has 8 heteroatoms. The second kappa shape index (κ2) is 6.44. The molecule has 1 aliphatic rings. The predicted molar refractivity (Wildman–Crippen MR) is 75.2 cm³/mol. The maximum atomic E-state index is 12.4. The average molecular weight is 295 g/mol. The van der Waals surface area contributed by atoms with Gasteiger partial charge in [0.05, 0.1) is 5.69 Å². The van der Waals surface area contributed by atoms with Crippen LogP contribution in [-0.2, 0) is 0 Å². The van der Waals surface area contributed by atoms with Gasteiger partial charge in [-0.05, 0) is 28.6 Å². The van der Waals surface area contributed by atoms with Crippen molar-refractivity contribution in [1.29, 1.82) is 0 Å². The lowest BCUT2D eigenvalue weighted by atomic mass is 10.1. The highest BCUT2D eigenvalue weighted by atomic mass is 35.5. The van der Waals surface area contributed by atoms with Gasteiger partial charge in [0.1, 0.15) is 6.33 Å². The number of halogens is 1. The van der Waals surface area contributed by atoms with E-state index in [4.69, 9.17) is 0 Å². The topological polar surface area (TPSA) is 75.9 Å². The van der Waals surface area contributed by atoms with Crippen LogP contribution in [0.3, 0.4) is 0 Å². The third-order valence-corrected chi connectivity index (χ3v) is 3.11. The third kappa shape index (κ3) is 2.94. The fourth-order valence-electron chi connectivity index (χ4n) is 2.11. The van der Waals surface area contributed by atoms with Crippen molar-refractivity contribution in [2.24, 2.45) is 0 Å². The Hall–Kier alpha value is -1.99. The van der Waals surface area contributed by atoms with Crippen LogP contribution in [0.5, 0.6) is 0 Å². The largest absolute Gasteiger partial charge is 0.336 e. The molecule has 106 valence electrons. The Balaban J connectivity index is 0.00000147. The summed E-state index contributed by atoms with van der Waals surface area (Å²) in [7, 11) is 0. The second-order valence-electron chi connectivity index (χ2n) is 4.35. The summed E-state index contributed by atoms with van der Waals surface area (Å²) in [5, 5.41) is 14.2. The summed E-state index contributed by atoms with van der Waals surface area (Å²) in [6, 6.07) is 7.33. The highest BCUT2D eigenvalue weighted by Gasteiger charge is 2.18. The molecule has 7 nitrogen and oxygen atoms in total. The van der Waals surface area contributed by atoms with Crippen molar-refractivity contribution < 1.29 is 4.79 Å². The van der Waals surface area contributed by atoms with Gasteiger partial charge in [0.2, 0.25) is 0 Å². The molecule has 1 aliphatic heterocycles. The summed E-state index contributed by atoms with van der Waals surface area (Å²) >= 11 is 0. The van der Waals surface area contributed by atoms with Gasteiger partial charge in [-0.3, -0.25) is 4.79 Å². The molecule has 1 fully saturated rings. The number of rotatable bonds is 2. The predicted octanol–water partition coefficient (Wildman–Crippen LogP) is 0.129. The molecule has 0 bridgehead atoms. The molecule has 0 aliphatic carbocycles. The summed E-state index contributed by atoms with van der Waals surface area (Å²) in [4.78, 5) is 14.2. The first-order chi connectivity index (χ1) is 9.34. The molecule has 20 heavy (non-hydrogen) atoms. The first kappa shape index (κ1) is 14.4. The molecule has 3 rings (SSSR count). The van der Waals surface area contributed by atoms with Gasteiger partial charge in [0, 0.05) is 31.7 Å². The van der Waals surface area contributed by atoms with Crippen LogP contribution in [0.2, 0.25) is 0 Å². The molecule has 0 unspecified atom stereocenters. The Labute approximate surface area is 122 Å². The number of benzene rings is 1. The molecule has 1 saturated heterocycles. The number of nitrogens with zero attached hydrogens (tertiary/aromatic N) is 5. The average Bonchev–Trinajstić information content (AvgIpc) is 3.02. The minimum atomic E-state index is 0. The summed E-state index contributed by atoms with van der Waals surface area (Å²) in [6.45, 7) is 3.18. The number of carbonyl (C=O) groups excluding carboxylic acids is 1. The van der Waals surface area contributed by atoms with Gasteiger partial charge in [0.25, 0.3) is 5.91 Å². The lowest BCUT2D eigenvalue weighted by Crippen LogP contribution is -2.46. The third-order valence-electron chi connectivity index (χ3n) is 3.11. The van der Waals surface area contributed by atoms with Crippen molar-refractivity contribution in [1.82, 2.24) is 30.4 Å². The number of amides is 1. The van der Waals surface area contributed by atoms with Gasteiger partial charge in [-0.15, -0.1) is 17.5 Å². The van der Waals surface area contributed by atoms with E-state index in [2.05, 4.69) is 20.8 Å². The number of piperazine rings is 1. The number of nitrogens with one attached hydrogen (secondary N) is 1. The van der Waals surface area contributed by atoms with Crippen molar-refractivity contribution in [3.63, 3.8) is 0 Å². The number of hydrogen-bond donors (Lipinski definition) is 1. The van der Waals surface area contributed by atoms with Crippen LogP contribution >= 0.6 is 12.4 Å². The lowest BCUT2D eigenvalue weighted by molar-refractivity contribution is 0.0736. The van der Waals surface area contributed by atoms with Crippen LogP contribution in [0.1, 0.15) is 10.4 Å². The van der Waals surface area contributed by atoms with Gasteiger partial charge in [-0.2, -0.15) is 0 Å². The van der Waals surface area contributed by atoms with Gasteiger partial charge >= 0.3 is 0 Å². The standard InChI is InChI=1S/C12H14N6O.ClH/c19-12(17-6-4-13-5-7-17)10-2-1-3-11(8-10)18-9-14-15-16-18;/h1-3,8-9,13H,4-7H2;1H. The lowest BCUT2D eigenvalue weighted by Gasteiger charge is -2.27. The molecule has 1 aromatic heterocycles. The van der Waals surface area contributed by atoms with Crippen LogP contribution in [0.4, 0.5) is 0 Å². The Morgan fingerprint density at radius 3 is 2.75 bits per heavy atom. The van der Waals surface area contributed by atoms with Crippen molar-refractivity contribution in [3.8, 4) is 5.69 Å². The fraction of sp³-hybridized carbons (Fsp3) is 0.333. The van der Waals surface area contributed by atoms with Gasteiger partial charge in [-0.25, -0.2) is 4.68 Å². The number of aromatic nitrogens is 4. The first-order valence-electron chi connectivity index (χ1n) is 6.18. The molecule has 2 heterocycles. The summed E-state index contributed by atoms with van der Waals surface area (Å²) in [6.07, 6.45) is 1.51. The zero-order valence-electron chi connectivity index (χ0n) is 10.8. The van der Waals surface area contributed by atoms with E-state index in [1.165, 1.54) is 11.0 Å². The maximum Gasteiger partial charge on any atom is 0.254 e. The Morgan fingerprint density at radius 2 is 2.05 bits per heavy atom. The van der Waals surface area contributed by atoms with E-state index in [-0.39, 0.29) is 18.3 Å². The van der Waals surface area contributed by atoms with Crippen LogP contribution in [-0.4, -0.2) is 57.2 Å². The monoisotopic (exact) mass is 294 g/mol. The molecule has 1 N–H and O–H groups in total. The molecular formula is C12H15ClN6O. The highest BCUT2D eigenvalue weighted by molar-refractivity contribution is 5.94. The zero-order chi connectivity index (χ0) is 13.1. The minimum Gasteiger partial charge on any atom is -0.336 e. The minimum absolute atomic E-state index is 0. The molecule has 0 saturated carbocycles. The van der Waals surface area contributed by atoms with Crippen molar-refractivity contribution in [3.05, 3.63) is 36.2 Å². The second-order valence-corrected chi connectivity index (χ2v) is 4.35. The Bertz CT molecular complexity index is 567. The van der Waals surface area contributed by atoms with E-state index >= 15 is 0 Å². The van der Waals surface area contributed by atoms with Crippen molar-refractivity contribution in [2.75, 3.05) is 26.2 Å². The SMILES string of the molecule is Cl.O=C(c1cccc(-n2cnnn2)c1)N1CCNCC1. The van der Waals surface area contributed by atoms with Crippen molar-refractivity contribution in [2.45, 2.75) is 0 Å². The van der Waals surface area contributed by atoms with E-state index in [1.807, 2.05) is 23.1 Å². The number of tetrazole rings is 1. The molecule has 0 spiro atoms. The molecule has 2 aromatic rings. The van der Waals surface area contributed by atoms with E-state index < -0.39 is 0 Å². The highest BCUT2D eigenvalue weighted by Crippen LogP contribution is 2.11. The Kier molecular flexibility index (Phi) is 4.65. The van der Waals surface area contributed by atoms with E-state index in [0.29, 0.717) is 5.56 Å². The normalized spacial score (nSPS) is 14.7. The molecule has 1 amide bonds. The maximum absolute atomic E-state index is 12.4. The fourth-order valence-corrected chi connectivity index (χ4v) is 2.11. The van der Waals surface area contributed by atoms with Crippen LogP contribution < -0.4 is 5.32 Å².